The Morgan fingerprint density at radius 2 is 1.69 bits per heavy atom. The molecule has 0 saturated carbocycles. The van der Waals surface area contributed by atoms with Crippen LogP contribution in [0.4, 0.5) is 0 Å². The van der Waals surface area contributed by atoms with E-state index in [9.17, 15) is 5.11 Å². The summed E-state index contributed by atoms with van der Waals surface area (Å²) in [6.45, 7) is 1.01. The Balaban J connectivity index is 1.42. The average Bonchev–Trinajstić information content (AvgIpc) is 3.38. The Hall–Kier alpha value is -2.92. The molecule has 10 heteroatoms. The third-order valence-corrected chi connectivity index (χ3v) is 6.62. The van der Waals surface area contributed by atoms with Crippen LogP contribution < -0.4 is 28.4 Å². The minimum Gasteiger partial charge on any atom is -0.496 e. The largest absolute Gasteiger partial charge is 0.496 e. The predicted molar refractivity (Wildman–Crippen MR) is 122 cm³/mol. The number of rotatable bonds is 8. The maximum absolute atomic E-state index is 11.7. The lowest BCUT2D eigenvalue weighted by Gasteiger charge is -2.29. The predicted octanol–water partition coefficient (Wildman–Crippen LogP) is 2.35. The molecule has 10 nitrogen and oxygen atoms in total. The van der Waals surface area contributed by atoms with E-state index in [-0.39, 0.29) is 19.3 Å². The molecule has 3 heterocycles. The number of hydrogen-bond donors (Lipinski definition) is 1. The van der Waals surface area contributed by atoms with Crippen LogP contribution in [0.25, 0.3) is 0 Å². The highest BCUT2D eigenvalue weighted by Crippen LogP contribution is 2.52. The van der Waals surface area contributed by atoms with Crippen molar-refractivity contribution in [3.8, 4) is 34.5 Å². The van der Waals surface area contributed by atoms with Crippen molar-refractivity contribution in [2.45, 2.75) is 24.1 Å². The number of hydrogen-bond acceptors (Lipinski definition) is 10. The molecule has 2 aromatic carbocycles. The van der Waals surface area contributed by atoms with Gasteiger partial charge in [0.25, 0.3) is 0 Å². The Kier molecular flexibility index (Phi) is 6.54. The summed E-state index contributed by atoms with van der Waals surface area (Å²) in [5, 5.41) is 11.7. The van der Waals surface area contributed by atoms with Gasteiger partial charge in [0.05, 0.1) is 53.2 Å². The summed E-state index contributed by atoms with van der Waals surface area (Å²) in [6.07, 6.45) is -1.73. The van der Waals surface area contributed by atoms with Crippen molar-refractivity contribution in [1.29, 1.82) is 0 Å². The van der Waals surface area contributed by atoms with Crippen LogP contribution in [-0.4, -0.2) is 78.0 Å². The summed E-state index contributed by atoms with van der Waals surface area (Å²) < 4.78 is 51.7. The van der Waals surface area contributed by atoms with Crippen LogP contribution in [0.1, 0.15) is 11.7 Å². The Morgan fingerprint density at radius 1 is 0.943 bits per heavy atom. The minimum absolute atomic E-state index is 0.00829. The third kappa shape index (κ3) is 4.10. The molecule has 0 radical (unpaired) electrons. The molecule has 2 saturated heterocycles. The normalized spacial score (nSPS) is 28.9. The molecular formula is C25H30O10. The highest BCUT2D eigenvalue weighted by molar-refractivity contribution is 5.53. The second-order valence-electron chi connectivity index (χ2n) is 8.65. The Labute approximate surface area is 203 Å². The Bertz CT molecular complexity index is 1040. The first-order valence-electron chi connectivity index (χ1n) is 11.4. The summed E-state index contributed by atoms with van der Waals surface area (Å²) >= 11 is 0. The highest BCUT2D eigenvalue weighted by Gasteiger charge is 2.61. The lowest BCUT2D eigenvalue weighted by molar-refractivity contribution is -0.153. The second-order valence-corrected chi connectivity index (χ2v) is 8.65. The first-order valence-corrected chi connectivity index (χ1v) is 11.4. The molecule has 0 spiro atoms. The minimum atomic E-state index is -1.41. The van der Waals surface area contributed by atoms with Crippen LogP contribution in [0, 0.1) is 5.92 Å². The van der Waals surface area contributed by atoms with Gasteiger partial charge in [-0.05, 0) is 18.2 Å². The van der Waals surface area contributed by atoms with Gasteiger partial charge in [-0.25, -0.2) is 0 Å². The van der Waals surface area contributed by atoms with Crippen molar-refractivity contribution in [3.63, 3.8) is 0 Å². The van der Waals surface area contributed by atoms with Crippen molar-refractivity contribution in [2.75, 3.05) is 54.9 Å². The molecule has 3 aliphatic rings. The maximum atomic E-state index is 11.7. The molecule has 1 N–H and O–H groups in total. The monoisotopic (exact) mass is 490 g/mol. The molecule has 0 aromatic heterocycles. The van der Waals surface area contributed by atoms with E-state index in [4.69, 9.17) is 42.6 Å². The number of para-hydroxylation sites is 1. The van der Waals surface area contributed by atoms with Crippen molar-refractivity contribution in [1.82, 2.24) is 0 Å². The molecular weight excluding hydrogens is 460 g/mol. The van der Waals surface area contributed by atoms with E-state index >= 15 is 0 Å². The fourth-order valence-electron chi connectivity index (χ4n) is 4.83. The summed E-state index contributed by atoms with van der Waals surface area (Å²) in [6, 6.07) is 8.90. The topological polar surface area (TPSA) is 103 Å². The zero-order chi connectivity index (χ0) is 24.6. The molecule has 0 aliphatic carbocycles. The molecule has 2 fully saturated rings. The van der Waals surface area contributed by atoms with Gasteiger partial charge in [0, 0.05) is 18.7 Å². The molecule has 35 heavy (non-hydrogen) atoms. The van der Waals surface area contributed by atoms with Gasteiger partial charge < -0.3 is 47.7 Å². The fraction of sp³-hybridized carbons (Fsp3) is 0.520. The molecule has 5 atom stereocenters. The van der Waals surface area contributed by atoms with Gasteiger partial charge >= 0.3 is 0 Å². The van der Waals surface area contributed by atoms with E-state index in [1.807, 2.05) is 6.07 Å². The molecule has 0 amide bonds. The van der Waals surface area contributed by atoms with Gasteiger partial charge in [-0.2, -0.15) is 0 Å². The van der Waals surface area contributed by atoms with Crippen molar-refractivity contribution >= 4 is 0 Å². The van der Waals surface area contributed by atoms with Crippen LogP contribution in [0.5, 0.6) is 34.5 Å². The van der Waals surface area contributed by atoms with Gasteiger partial charge in [0.1, 0.15) is 12.4 Å². The maximum Gasteiger partial charge on any atom is 0.232 e. The number of aliphatic hydroxyl groups is 1. The standard InChI is InChI=1S/C25H30O10/c1-27-10-14-11-31-20-9-19(30-4)15(8-21(20)34-14)22-16-12-32-24(25(16,26)13-33-22)35-23-17(28-2)6-5-7-18(23)29-3/h5-9,14,16,22,24,26H,10-13H2,1-4H3/t14?,16-,22-,24-,25-/m1/s1. The molecule has 190 valence electrons. The van der Waals surface area contributed by atoms with E-state index in [1.165, 1.54) is 14.2 Å². The third-order valence-electron chi connectivity index (χ3n) is 6.62. The lowest BCUT2D eigenvalue weighted by atomic mass is 9.85. The number of methoxy groups -OCH3 is 4. The van der Waals surface area contributed by atoms with E-state index in [0.29, 0.717) is 47.7 Å². The fourth-order valence-corrected chi connectivity index (χ4v) is 4.83. The van der Waals surface area contributed by atoms with Gasteiger partial charge in [0.2, 0.25) is 12.0 Å². The average molecular weight is 491 g/mol. The van der Waals surface area contributed by atoms with Crippen LogP contribution in [0.2, 0.25) is 0 Å². The first-order chi connectivity index (χ1) is 17.0. The van der Waals surface area contributed by atoms with Crippen LogP contribution in [0.15, 0.2) is 30.3 Å². The van der Waals surface area contributed by atoms with E-state index in [1.54, 1.807) is 38.5 Å². The van der Waals surface area contributed by atoms with Crippen molar-refractivity contribution in [3.05, 3.63) is 35.9 Å². The molecule has 1 unspecified atom stereocenters. The number of fused-ring (bicyclic) bond motifs is 2. The summed E-state index contributed by atoms with van der Waals surface area (Å²) in [4.78, 5) is 0. The Morgan fingerprint density at radius 3 is 2.37 bits per heavy atom. The molecule has 5 rings (SSSR count). The summed E-state index contributed by atoms with van der Waals surface area (Å²) in [5.74, 6) is 2.59. The van der Waals surface area contributed by atoms with Gasteiger partial charge in [-0.15, -0.1) is 0 Å². The van der Waals surface area contributed by atoms with E-state index in [2.05, 4.69) is 0 Å². The van der Waals surface area contributed by atoms with E-state index < -0.39 is 23.9 Å². The van der Waals surface area contributed by atoms with Gasteiger partial charge in [0.15, 0.2) is 34.7 Å². The quantitative estimate of drug-likeness (QED) is 0.593. The summed E-state index contributed by atoms with van der Waals surface area (Å²) in [5.41, 5.74) is -0.680. The zero-order valence-corrected chi connectivity index (χ0v) is 20.1. The molecule has 2 aromatic rings. The molecule has 3 aliphatic heterocycles. The van der Waals surface area contributed by atoms with Crippen molar-refractivity contribution < 1.29 is 47.7 Å². The van der Waals surface area contributed by atoms with Gasteiger partial charge in [-0.1, -0.05) is 6.07 Å². The van der Waals surface area contributed by atoms with Crippen molar-refractivity contribution in [2.24, 2.45) is 5.92 Å². The highest BCUT2D eigenvalue weighted by atomic mass is 16.7. The van der Waals surface area contributed by atoms with Crippen LogP contribution >= 0.6 is 0 Å². The molecule has 0 bridgehead atoms. The number of ether oxygens (including phenoxy) is 9. The smallest absolute Gasteiger partial charge is 0.232 e. The van der Waals surface area contributed by atoms with Crippen LogP contribution in [0.3, 0.4) is 0 Å². The lowest BCUT2D eigenvalue weighted by Crippen LogP contribution is -2.47. The first kappa shape index (κ1) is 23.8. The summed E-state index contributed by atoms with van der Waals surface area (Å²) in [7, 11) is 6.27. The zero-order valence-electron chi connectivity index (χ0n) is 20.1. The van der Waals surface area contributed by atoms with E-state index in [0.717, 1.165) is 5.56 Å². The number of benzene rings is 2. The second kappa shape index (κ2) is 9.62. The SMILES string of the molecule is COCC1COc2cc(OC)c([C@H]3OC[C@]4(O)[C@@H](Oc5c(OC)cccc5OC)OC[C@H]34)cc2O1. The van der Waals surface area contributed by atoms with Gasteiger partial charge in [-0.3, -0.25) is 0 Å². The van der Waals surface area contributed by atoms with Crippen LogP contribution in [-0.2, 0) is 14.2 Å².